The minimum absolute atomic E-state index is 0.0589. The Kier molecular flexibility index (Phi) is 2.62. The fourth-order valence-electron chi connectivity index (χ4n) is 5.81. The summed E-state index contributed by atoms with van der Waals surface area (Å²) in [6, 6.07) is 0.392. The highest BCUT2D eigenvalue weighted by atomic mass is 16.5. The van der Waals surface area contributed by atoms with Gasteiger partial charge in [0.25, 0.3) is 5.91 Å². The maximum Gasteiger partial charge on any atom is 0.253 e. The van der Waals surface area contributed by atoms with Crippen molar-refractivity contribution in [2.75, 3.05) is 6.61 Å². The van der Waals surface area contributed by atoms with Crippen molar-refractivity contribution in [2.45, 2.75) is 76.9 Å². The van der Waals surface area contributed by atoms with Gasteiger partial charge in [0.2, 0.25) is 0 Å². The Balaban J connectivity index is 1.57. The summed E-state index contributed by atoms with van der Waals surface area (Å²) in [5, 5.41) is 3.34. The molecule has 1 saturated heterocycles. The molecule has 0 aromatic rings. The molecular formula is C17H27NO2. The molecule has 3 saturated carbocycles. The molecule has 112 valence electrons. The minimum Gasteiger partial charge on any atom is -0.364 e. The minimum atomic E-state index is -0.512. The Bertz CT molecular complexity index is 444. The van der Waals surface area contributed by atoms with Crippen LogP contribution in [0.3, 0.4) is 0 Å². The molecule has 1 amide bonds. The van der Waals surface area contributed by atoms with Crippen LogP contribution in [-0.4, -0.2) is 24.2 Å². The quantitative estimate of drug-likeness (QED) is 0.842. The number of rotatable bonds is 2. The standard InChI is InChI=1S/C17H27NO2/c1-15-11-20-17(10-12(15)8-9-16(15,17)2)14(19)18-13-6-4-3-5-7-13/h12-13H,3-11H2,1-2H3,(H,18,19)/t12-,15+,16-,17-/m1/s1. The Morgan fingerprint density at radius 3 is 2.55 bits per heavy atom. The van der Waals surface area contributed by atoms with E-state index < -0.39 is 5.60 Å². The van der Waals surface area contributed by atoms with E-state index in [1.54, 1.807) is 0 Å². The Labute approximate surface area is 121 Å². The van der Waals surface area contributed by atoms with Gasteiger partial charge in [-0.1, -0.05) is 33.1 Å². The highest BCUT2D eigenvalue weighted by molar-refractivity contribution is 5.88. The van der Waals surface area contributed by atoms with E-state index in [4.69, 9.17) is 4.74 Å². The fraction of sp³-hybridized carbons (Fsp3) is 0.941. The normalized spacial score (nSPS) is 50.6. The van der Waals surface area contributed by atoms with E-state index in [2.05, 4.69) is 19.2 Å². The lowest BCUT2D eigenvalue weighted by Gasteiger charge is -2.41. The van der Waals surface area contributed by atoms with Gasteiger partial charge in [0, 0.05) is 16.9 Å². The van der Waals surface area contributed by atoms with Gasteiger partial charge in [-0.25, -0.2) is 0 Å². The number of hydrogen-bond acceptors (Lipinski definition) is 2. The van der Waals surface area contributed by atoms with Crippen molar-refractivity contribution >= 4 is 5.91 Å². The molecule has 4 aliphatic rings. The van der Waals surface area contributed by atoms with E-state index in [1.165, 1.54) is 25.7 Å². The summed E-state index contributed by atoms with van der Waals surface area (Å²) >= 11 is 0. The molecule has 1 heterocycles. The van der Waals surface area contributed by atoms with Crippen LogP contribution in [-0.2, 0) is 9.53 Å². The molecule has 4 rings (SSSR count). The molecule has 0 spiro atoms. The molecule has 0 radical (unpaired) electrons. The smallest absolute Gasteiger partial charge is 0.253 e. The van der Waals surface area contributed by atoms with Crippen LogP contribution in [0.1, 0.15) is 65.2 Å². The third-order valence-electron chi connectivity index (χ3n) is 7.51. The molecule has 1 N–H and O–H groups in total. The van der Waals surface area contributed by atoms with Gasteiger partial charge in [-0.3, -0.25) is 4.79 Å². The van der Waals surface area contributed by atoms with Gasteiger partial charge in [-0.2, -0.15) is 0 Å². The predicted octanol–water partition coefficient (Wildman–Crippen LogP) is 3.03. The number of carbonyl (C=O) groups excluding carboxylic acids is 1. The number of nitrogens with one attached hydrogen (secondary N) is 1. The summed E-state index contributed by atoms with van der Waals surface area (Å²) < 4.78 is 6.17. The van der Waals surface area contributed by atoms with Gasteiger partial charge >= 0.3 is 0 Å². The summed E-state index contributed by atoms with van der Waals surface area (Å²) in [6.07, 6.45) is 9.55. The third-order valence-corrected chi connectivity index (χ3v) is 7.51. The van der Waals surface area contributed by atoms with Crippen molar-refractivity contribution in [1.82, 2.24) is 5.32 Å². The molecule has 4 atom stereocenters. The molecule has 0 unspecified atom stereocenters. The summed E-state index contributed by atoms with van der Waals surface area (Å²) in [4.78, 5) is 13.0. The lowest BCUT2D eigenvalue weighted by atomic mass is 9.66. The Morgan fingerprint density at radius 1 is 1.15 bits per heavy atom. The zero-order valence-electron chi connectivity index (χ0n) is 12.8. The summed E-state index contributed by atoms with van der Waals surface area (Å²) in [5.74, 6) is 0.899. The Morgan fingerprint density at radius 2 is 1.90 bits per heavy atom. The molecule has 3 aliphatic carbocycles. The first-order valence-corrected chi connectivity index (χ1v) is 8.47. The first-order chi connectivity index (χ1) is 9.52. The van der Waals surface area contributed by atoms with Gasteiger partial charge in [0.1, 0.15) is 0 Å². The van der Waals surface area contributed by atoms with Crippen LogP contribution >= 0.6 is 0 Å². The van der Waals surface area contributed by atoms with E-state index in [1.807, 2.05) is 0 Å². The maximum atomic E-state index is 13.0. The van der Waals surface area contributed by atoms with Crippen LogP contribution in [0.5, 0.6) is 0 Å². The fourth-order valence-corrected chi connectivity index (χ4v) is 5.81. The van der Waals surface area contributed by atoms with Crippen molar-refractivity contribution in [2.24, 2.45) is 16.7 Å². The van der Waals surface area contributed by atoms with Crippen LogP contribution in [0.2, 0.25) is 0 Å². The first kappa shape index (κ1) is 13.1. The van der Waals surface area contributed by atoms with E-state index in [0.29, 0.717) is 12.0 Å². The monoisotopic (exact) mass is 277 g/mol. The molecule has 0 aromatic heterocycles. The van der Waals surface area contributed by atoms with E-state index in [-0.39, 0.29) is 16.7 Å². The second kappa shape index (κ2) is 4.00. The van der Waals surface area contributed by atoms with Gasteiger partial charge in [-0.15, -0.1) is 0 Å². The number of hydrogen-bond donors (Lipinski definition) is 1. The van der Waals surface area contributed by atoms with Crippen molar-refractivity contribution < 1.29 is 9.53 Å². The summed E-state index contributed by atoms with van der Waals surface area (Å²) in [7, 11) is 0. The number of amides is 1. The third kappa shape index (κ3) is 1.33. The molecule has 4 bridgehead atoms. The Hall–Kier alpha value is -0.570. The average molecular weight is 277 g/mol. The molecule has 3 nitrogen and oxygen atoms in total. The zero-order valence-corrected chi connectivity index (χ0v) is 12.8. The molecule has 3 heteroatoms. The lowest BCUT2D eigenvalue weighted by molar-refractivity contribution is -0.156. The number of ether oxygens (including phenoxy) is 1. The number of carbonyl (C=O) groups is 1. The van der Waals surface area contributed by atoms with Crippen LogP contribution in [0.4, 0.5) is 0 Å². The van der Waals surface area contributed by atoms with Gasteiger partial charge in [0.05, 0.1) is 6.61 Å². The van der Waals surface area contributed by atoms with E-state index >= 15 is 0 Å². The van der Waals surface area contributed by atoms with E-state index in [0.717, 1.165) is 32.3 Å². The lowest BCUT2D eigenvalue weighted by Crippen LogP contribution is -2.57. The van der Waals surface area contributed by atoms with Crippen molar-refractivity contribution in [3.05, 3.63) is 0 Å². The van der Waals surface area contributed by atoms with Crippen LogP contribution in [0, 0.1) is 16.7 Å². The summed E-state index contributed by atoms with van der Waals surface area (Å²) in [5.41, 5.74) is -0.220. The second-order valence-corrected chi connectivity index (χ2v) is 8.11. The van der Waals surface area contributed by atoms with Crippen molar-refractivity contribution in [1.29, 1.82) is 0 Å². The van der Waals surface area contributed by atoms with Crippen LogP contribution in [0.25, 0.3) is 0 Å². The average Bonchev–Trinajstić information content (AvgIpc) is 2.92. The second-order valence-electron chi connectivity index (χ2n) is 8.11. The largest absolute Gasteiger partial charge is 0.364 e. The molecule has 1 aliphatic heterocycles. The first-order valence-electron chi connectivity index (χ1n) is 8.47. The molecular weight excluding hydrogens is 250 g/mol. The van der Waals surface area contributed by atoms with Crippen molar-refractivity contribution in [3.8, 4) is 0 Å². The highest BCUT2D eigenvalue weighted by Gasteiger charge is 2.78. The van der Waals surface area contributed by atoms with Crippen molar-refractivity contribution in [3.63, 3.8) is 0 Å². The predicted molar refractivity (Wildman–Crippen MR) is 77.3 cm³/mol. The summed E-state index contributed by atoms with van der Waals surface area (Å²) in [6.45, 7) is 5.45. The molecule has 0 aromatic carbocycles. The zero-order chi connectivity index (χ0) is 14.0. The topological polar surface area (TPSA) is 38.3 Å². The molecule has 4 fully saturated rings. The van der Waals surface area contributed by atoms with Gasteiger partial charge in [0.15, 0.2) is 5.60 Å². The molecule has 20 heavy (non-hydrogen) atoms. The van der Waals surface area contributed by atoms with E-state index in [9.17, 15) is 4.79 Å². The van der Waals surface area contributed by atoms with Gasteiger partial charge in [-0.05, 0) is 38.0 Å². The highest BCUT2D eigenvalue weighted by Crippen LogP contribution is 2.75. The maximum absolute atomic E-state index is 13.0. The van der Waals surface area contributed by atoms with Crippen LogP contribution in [0.15, 0.2) is 0 Å². The SMILES string of the molecule is C[C@]12CC[C@@H]3C[C@]1(C(=O)NC1CCCCC1)OC[C@@]32C. The van der Waals surface area contributed by atoms with Crippen LogP contribution < -0.4 is 5.32 Å². The van der Waals surface area contributed by atoms with Gasteiger partial charge < -0.3 is 10.1 Å².